The molecular formula is C18H24N2O4. The topological polar surface area (TPSA) is 86.7 Å². The molecule has 1 fully saturated rings. The standard InChI is InChI=1S/C18H24N2O4/c1-12-4-6-14(7-5-12)20-11-13(10-15(20)21)16(22)19-9-8-18(2,3)17(23)24/h4-7,13H,8-11H2,1-3H3,(H,19,22)(H,23,24). The first-order valence-corrected chi connectivity index (χ1v) is 8.09. The van der Waals surface area contributed by atoms with E-state index in [1.807, 2.05) is 31.2 Å². The molecule has 6 heteroatoms. The number of hydrogen-bond acceptors (Lipinski definition) is 3. The molecular weight excluding hydrogens is 308 g/mol. The van der Waals surface area contributed by atoms with Gasteiger partial charge in [-0.3, -0.25) is 14.4 Å². The van der Waals surface area contributed by atoms with E-state index in [2.05, 4.69) is 5.32 Å². The number of aryl methyl sites for hydroxylation is 1. The minimum Gasteiger partial charge on any atom is -0.481 e. The van der Waals surface area contributed by atoms with Crippen LogP contribution < -0.4 is 10.2 Å². The van der Waals surface area contributed by atoms with Gasteiger partial charge >= 0.3 is 5.97 Å². The van der Waals surface area contributed by atoms with E-state index in [1.54, 1.807) is 18.7 Å². The van der Waals surface area contributed by atoms with Gasteiger partial charge in [0.25, 0.3) is 0 Å². The summed E-state index contributed by atoms with van der Waals surface area (Å²) in [6, 6.07) is 7.62. The Morgan fingerprint density at radius 1 is 1.29 bits per heavy atom. The van der Waals surface area contributed by atoms with Gasteiger partial charge in [0.1, 0.15) is 0 Å². The highest BCUT2D eigenvalue weighted by Crippen LogP contribution is 2.25. The van der Waals surface area contributed by atoms with Gasteiger partial charge in [-0.2, -0.15) is 0 Å². The third-order valence-corrected chi connectivity index (χ3v) is 4.47. The van der Waals surface area contributed by atoms with Gasteiger partial charge in [0.05, 0.1) is 11.3 Å². The Labute approximate surface area is 141 Å². The minimum atomic E-state index is -0.890. The first kappa shape index (κ1) is 18.0. The lowest BCUT2D eigenvalue weighted by molar-refractivity contribution is -0.147. The lowest BCUT2D eigenvalue weighted by atomic mass is 9.89. The molecule has 2 rings (SSSR count). The average molecular weight is 332 g/mol. The van der Waals surface area contributed by atoms with Gasteiger partial charge in [-0.25, -0.2) is 0 Å². The monoisotopic (exact) mass is 332 g/mol. The van der Waals surface area contributed by atoms with E-state index in [0.717, 1.165) is 11.3 Å². The zero-order chi connectivity index (χ0) is 17.9. The summed E-state index contributed by atoms with van der Waals surface area (Å²) in [5, 5.41) is 11.8. The Morgan fingerprint density at radius 2 is 1.92 bits per heavy atom. The van der Waals surface area contributed by atoms with Crippen molar-refractivity contribution >= 4 is 23.5 Å². The van der Waals surface area contributed by atoms with Gasteiger partial charge in [-0.1, -0.05) is 17.7 Å². The van der Waals surface area contributed by atoms with E-state index in [1.165, 1.54) is 0 Å². The molecule has 0 bridgehead atoms. The SMILES string of the molecule is Cc1ccc(N2CC(C(=O)NCCC(C)(C)C(=O)O)CC2=O)cc1. The third kappa shape index (κ3) is 4.13. The van der Waals surface area contributed by atoms with Gasteiger partial charge < -0.3 is 15.3 Å². The highest BCUT2D eigenvalue weighted by molar-refractivity contribution is 6.00. The van der Waals surface area contributed by atoms with Crippen LogP contribution in [-0.4, -0.2) is 36.0 Å². The van der Waals surface area contributed by atoms with E-state index < -0.39 is 17.3 Å². The summed E-state index contributed by atoms with van der Waals surface area (Å²) < 4.78 is 0. The molecule has 24 heavy (non-hydrogen) atoms. The Kier molecular flexibility index (Phi) is 5.26. The maximum absolute atomic E-state index is 12.2. The number of hydrogen-bond donors (Lipinski definition) is 2. The lowest BCUT2D eigenvalue weighted by Crippen LogP contribution is -2.36. The Morgan fingerprint density at radius 3 is 2.50 bits per heavy atom. The van der Waals surface area contributed by atoms with Crippen LogP contribution in [0, 0.1) is 18.3 Å². The van der Waals surface area contributed by atoms with Gasteiger partial charge in [0.15, 0.2) is 0 Å². The molecule has 0 saturated carbocycles. The van der Waals surface area contributed by atoms with E-state index >= 15 is 0 Å². The second-order valence-electron chi connectivity index (χ2n) is 6.97. The Bertz CT molecular complexity index is 637. The quantitative estimate of drug-likeness (QED) is 0.834. The molecule has 1 aromatic rings. The summed E-state index contributed by atoms with van der Waals surface area (Å²) in [4.78, 5) is 37.1. The second-order valence-corrected chi connectivity index (χ2v) is 6.97. The van der Waals surface area contributed by atoms with E-state index in [-0.39, 0.29) is 24.8 Å². The van der Waals surface area contributed by atoms with Crippen LogP contribution in [0.1, 0.15) is 32.3 Å². The fraction of sp³-hybridized carbons (Fsp3) is 0.500. The van der Waals surface area contributed by atoms with Crippen LogP contribution >= 0.6 is 0 Å². The molecule has 1 aromatic carbocycles. The summed E-state index contributed by atoms with van der Waals surface area (Å²) in [7, 11) is 0. The zero-order valence-corrected chi connectivity index (χ0v) is 14.3. The summed E-state index contributed by atoms with van der Waals surface area (Å²) in [5.74, 6) is -1.55. The largest absolute Gasteiger partial charge is 0.481 e. The van der Waals surface area contributed by atoms with E-state index in [0.29, 0.717) is 13.0 Å². The molecule has 0 aromatic heterocycles. The minimum absolute atomic E-state index is 0.0649. The van der Waals surface area contributed by atoms with Crippen molar-refractivity contribution in [1.82, 2.24) is 5.32 Å². The Balaban J connectivity index is 1.89. The molecule has 1 atom stereocenters. The molecule has 0 aliphatic carbocycles. The number of carboxylic acid groups (broad SMARTS) is 1. The molecule has 2 amide bonds. The van der Waals surface area contributed by atoms with Crippen molar-refractivity contribution in [3.8, 4) is 0 Å². The number of benzene rings is 1. The van der Waals surface area contributed by atoms with Crippen molar-refractivity contribution in [3.63, 3.8) is 0 Å². The number of aliphatic carboxylic acids is 1. The van der Waals surface area contributed by atoms with Crippen LogP contribution in [0.5, 0.6) is 0 Å². The fourth-order valence-corrected chi connectivity index (χ4v) is 2.61. The number of amides is 2. The van der Waals surface area contributed by atoms with Crippen molar-refractivity contribution in [2.75, 3.05) is 18.0 Å². The predicted molar refractivity (Wildman–Crippen MR) is 90.7 cm³/mol. The first-order chi connectivity index (χ1) is 11.2. The maximum atomic E-state index is 12.2. The molecule has 6 nitrogen and oxygen atoms in total. The third-order valence-electron chi connectivity index (χ3n) is 4.47. The summed E-state index contributed by atoms with van der Waals surface area (Å²) >= 11 is 0. The zero-order valence-electron chi connectivity index (χ0n) is 14.3. The van der Waals surface area contributed by atoms with Gasteiger partial charge in [0.2, 0.25) is 11.8 Å². The molecule has 2 N–H and O–H groups in total. The van der Waals surface area contributed by atoms with Crippen LogP contribution in [0.2, 0.25) is 0 Å². The van der Waals surface area contributed by atoms with Crippen molar-refractivity contribution in [1.29, 1.82) is 0 Å². The lowest BCUT2D eigenvalue weighted by Gasteiger charge is -2.20. The molecule has 1 saturated heterocycles. The summed E-state index contributed by atoms with van der Waals surface area (Å²) in [5.41, 5.74) is 1.03. The van der Waals surface area contributed by atoms with Crippen LogP contribution in [0.25, 0.3) is 0 Å². The molecule has 1 aliphatic rings. The highest BCUT2D eigenvalue weighted by Gasteiger charge is 2.35. The first-order valence-electron chi connectivity index (χ1n) is 8.09. The van der Waals surface area contributed by atoms with E-state index in [4.69, 9.17) is 5.11 Å². The van der Waals surface area contributed by atoms with Crippen LogP contribution in [0.3, 0.4) is 0 Å². The summed E-state index contributed by atoms with van der Waals surface area (Å²) in [6.45, 7) is 5.87. The maximum Gasteiger partial charge on any atom is 0.309 e. The van der Waals surface area contributed by atoms with Crippen LogP contribution in [0.4, 0.5) is 5.69 Å². The van der Waals surface area contributed by atoms with Gasteiger partial charge in [-0.05, 0) is 39.3 Å². The second kappa shape index (κ2) is 7.03. The molecule has 1 heterocycles. The number of carboxylic acids is 1. The molecule has 1 unspecified atom stereocenters. The Hall–Kier alpha value is -2.37. The van der Waals surface area contributed by atoms with Crippen molar-refractivity contribution < 1.29 is 19.5 Å². The number of nitrogens with one attached hydrogen (secondary N) is 1. The predicted octanol–water partition coefficient (Wildman–Crippen LogP) is 1.97. The molecule has 0 radical (unpaired) electrons. The number of anilines is 1. The summed E-state index contributed by atoms with van der Waals surface area (Å²) in [6.07, 6.45) is 0.526. The highest BCUT2D eigenvalue weighted by atomic mass is 16.4. The van der Waals surface area contributed by atoms with Crippen molar-refractivity contribution in [3.05, 3.63) is 29.8 Å². The fourth-order valence-electron chi connectivity index (χ4n) is 2.61. The number of carbonyl (C=O) groups is 3. The average Bonchev–Trinajstić information content (AvgIpc) is 2.89. The van der Waals surface area contributed by atoms with Gasteiger partial charge in [-0.15, -0.1) is 0 Å². The van der Waals surface area contributed by atoms with Crippen molar-refractivity contribution in [2.24, 2.45) is 11.3 Å². The molecule has 130 valence electrons. The number of rotatable bonds is 6. The number of nitrogens with zero attached hydrogens (tertiary/aromatic N) is 1. The number of carbonyl (C=O) groups excluding carboxylic acids is 2. The van der Waals surface area contributed by atoms with Gasteiger partial charge in [0, 0.05) is 25.2 Å². The van der Waals surface area contributed by atoms with Crippen molar-refractivity contribution in [2.45, 2.75) is 33.6 Å². The smallest absolute Gasteiger partial charge is 0.309 e. The van der Waals surface area contributed by atoms with Crippen LogP contribution in [-0.2, 0) is 14.4 Å². The normalized spacial score (nSPS) is 17.9. The van der Waals surface area contributed by atoms with E-state index in [9.17, 15) is 14.4 Å². The molecule has 0 spiro atoms. The molecule has 1 aliphatic heterocycles. The van der Waals surface area contributed by atoms with Crippen LogP contribution in [0.15, 0.2) is 24.3 Å².